The molecule has 23 heavy (non-hydrogen) atoms. The van der Waals surface area contributed by atoms with Crippen LogP contribution >= 0.6 is 11.3 Å². The Kier molecular flexibility index (Phi) is 4.32. The van der Waals surface area contributed by atoms with E-state index in [2.05, 4.69) is 9.97 Å². The Bertz CT molecular complexity index is 690. The molecule has 122 valence electrons. The van der Waals surface area contributed by atoms with E-state index in [0.717, 1.165) is 4.88 Å². The van der Waals surface area contributed by atoms with E-state index in [9.17, 15) is 9.90 Å². The van der Waals surface area contributed by atoms with Crippen molar-refractivity contribution >= 4 is 23.2 Å². The minimum Gasteiger partial charge on any atom is -0.386 e. The number of nitrogens with zero attached hydrogens (tertiary/aromatic N) is 4. The second kappa shape index (κ2) is 6.25. The summed E-state index contributed by atoms with van der Waals surface area (Å²) in [6, 6.07) is 5.54. The third-order valence-corrected chi connectivity index (χ3v) is 4.99. The van der Waals surface area contributed by atoms with Gasteiger partial charge in [-0.25, -0.2) is 9.97 Å². The molecule has 1 amide bonds. The van der Waals surface area contributed by atoms with Gasteiger partial charge in [0.2, 0.25) is 5.95 Å². The van der Waals surface area contributed by atoms with E-state index in [1.807, 2.05) is 24.0 Å². The summed E-state index contributed by atoms with van der Waals surface area (Å²) in [4.78, 5) is 26.2. The van der Waals surface area contributed by atoms with E-state index in [0.29, 0.717) is 36.9 Å². The maximum Gasteiger partial charge on any atom is 0.263 e. The number of rotatable bonds is 4. The number of aliphatic hydroxyl groups is 1. The highest BCUT2D eigenvalue weighted by molar-refractivity contribution is 7.13. The van der Waals surface area contributed by atoms with Crippen LogP contribution in [-0.2, 0) is 0 Å². The standard InChI is InChI=1S/C16H20N4O2S/c1-12-4-5-13(23-12)14(21)19(2)10-16(22)6-9-20(11-16)15-17-7-3-8-18-15/h3-5,7-8,22H,6,9-11H2,1-2H3/t16-/m0/s1. The first-order valence-corrected chi connectivity index (χ1v) is 8.35. The molecule has 1 aliphatic rings. The molecule has 0 spiro atoms. The average molecular weight is 332 g/mol. The van der Waals surface area contributed by atoms with Gasteiger partial charge in [0, 0.05) is 30.9 Å². The minimum absolute atomic E-state index is 0.0501. The quantitative estimate of drug-likeness (QED) is 0.920. The lowest BCUT2D eigenvalue weighted by Crippen LogP contribution is -2.45. The van der Waals surface area contributed by atoms with Crippen LogP contribution in [0.3, 0.4) is 0 Å². The third-order valence-electron chi connectivity index (χ3n) is 4.00. The number of likely N-dealkylation sites (N-methyl/N-ethyl adjacent to an activating group) is 1. The average Bonchev–Trinajstić information content (AvgIpc) is 3.14. The van der Waals surface area contributed by atoms with Gasteiger partial charge in [-0.3, -0.25) is 4.79 Å². The zero-order valence-electron chi connectivity index (χ0n) is 13.3. The zero-order valence-corrected chi connectivity index (χ0v) is 14.1. The van der Waals surface area contributed by atoms with Gasteiger partial charge in [-0.15, -0.1) is 11.3 Å². The van der Waals surface area contributed by atoms with E-state index >= 15 is 0 Å². The Labute approximate surface area is 139 Å². The van der Waals surface area contributed by atoms with E-state index < -0.39 is 5.60 Å². The summed E-state index contributed by atoms with van der Waals surface area (Å²) in [5.74, 6) is 0.567. The molecule has 3 rings (SSSR count). The van der Waals surface area contributed by atoms with Crippen molar-refractivity contribution in [2.75, 3.05) is 31.6 Å². The van der Waals surface area contributed by atoms with Gasteiger partial charge >= 0.3 is 0 Å². The van der Waals surface area contributed by atoms with Crippen molar-refractivity contribution in [3.05, 3.63) is 40.3 Å². The first-order valence-electron chi connectivity index (χ1n) is 7.53. The van der Waals surface area contributed by atoms with Gasteiger partial charge in [0.1, 0.15) is 5.60 Å². The smallest absolute Gasteiger partial charge is 0.263 e. The van der Waals surface area contributed by atoms with Gasteiger partial charge in [0.25, 0.3) is 5.91 Å². The molecule has 0 aromatic carbocycles. The summed E-state index contributed by atoms with van der Waals surface area (Å²) in [5, 5.41) is 10.8. The molecular formula is C16H20N4O2S. The van der Waals surface area contributed by atoms with Crippen molar-refractivity contribution in [2.24, 2.45) is 0 Å². The van der Waals surface area contributed by atoms with Crippen LogP contribution in [0, 0.1) is 6.92 Å². The number of aryl methyl sites for hydroxylation is 1. The number of hydrogen-bond acceptors (Lipinski definition) is 6. The van der Waals surface area contributed by atoms with Crippen LogP contribution in [0.15, 0.2) is 30.6 Å². The number of thiophene rings is 1. The fourth-order valence-electron chi connectivity index (χ4n) is 2.86. The lowest BCUT2D eigenvalue weighted by atomic mass is 10.0. The van der Waals surface area contributed by atoms with Crippen molar-refractivity contribution in [1.29, 1.82) is 0 Å². The molecule has 2 aromatic rings. The maximum absolute atomic E-state index is 12.4. The van der Waals surface area contributed by atoms with E-state index in [1.165, 1.54) is 11.3 Å². The highest BCUT2D eigenvalue weighted by atomic mass is 32.1. The molecule has 0 unspecified atom stereocenters. The van der Waals surface area contributed by atoms with Gasteiger partial charge < -0.3 is 14.9 Å². The molecule has 1 atom stereocenters. The molecule has 1 saturated heterocycles. The third kappa shape index (κ3) is 3.51. The van der Waals surface area contributed by atoms with Crippen molar-refractivity contribution in [3.8, 4) is 0 Å². The number of hydrogen-bond donors (Lipinski definition) is 1. The van der Waals surface area contributed by atoms with Crippen molar-refractivity contribution in [1.82, 2.24) is 14.9 Å². The molecule has 0 saturated carbocycles. The SMILES string of the molecule is Cc1ccc(C(=O)N(C)C[C@@]2(O)CCN(c3ncccn3)C2)s1. The van der Waals surface area contributed by atoms with Gasteiger partial charge in [-0.2, -0.15) is 0 Å². The summed E-state index contributed by atoms with van der Waals surface area (Å²) in [5.41, 5.74) is -0.935. The molecular weight excluding hydrogens is 312 g/mol. The second-order valence-electron chi connectivity index (χ2n) is 6.02. The molecule has 3 heterocycles. The molecule has 1 fully saturated rings. The summed E-state index contributed by atoms with van der Waals surface area (Å²) in [7, 11) is 1.73. The van der Waals surface area contributed by atoms with Crippen LogP contribution in [-0.4, -0.2) is 58.2 Å². The second-order valence-corrected chi connectivity index (χ2v) is 7.30. The minimum atomic E-state index is -0.935. The molecule has 0 aliphatic carbocycles. The van der Waals surface area contributed by atoms with Crippen molar-refractivity contribution in [3.63, 3.8) is 0 Å². The molecule has 0 radical (unpaired) electrons. The number of β-amino-alcohol motifs (C(OH)–C–C–N with tert-alkyl or cyclic N) is 1. The predicted octanol–water partition coefficient (Wildman–Crippen LogP) is 1.56. The van der Waals surface area contributed by atoms with Gasteiger partial charge in [-0.05, 0) is 31.5 Å². The predicted molar refractivity (Wildman–Crippen MR) is 89.8 cm³/mol. The van der Waals surface area contributed by atoms with E-state index in [1.54, 1.807) is 30.4 Å². The number of amides is 1. The largest absolute Gasteiger partial charge is 0.386 e. The maximum atomic E-state index is 12.4. The van der Waals surface area contributed by atoms with E-state index in [4.69, 9.17) is 0 Å². The first kappa shape index (κ1) is 15.9. The highest BCUT2D eigenvalue weighted by Crippen LogP contribution is 2.26. The fourth-order valence-corrected chi connectivity index (χ4v) is 3.72. The van der Waals surface area contributed by atoms with Crippen LogP contribution in [0.4, 0.5) is 5.95 Å². The number of carbonyl (C=O) groups is 1. The Morgan fingerprint density at radius 1 is 1.43 bits per heavy atom. The van der Waals surface area contributed by atoms with Crippen molar-refractivity contribution in [2.45, 2.75) is 18.9 Å². The van der Waals surface area contributed by atoms with Gasteiger partial charge in [0.05, 0.1) is 18.0 Å². The van der Waals surface area contributed by atoms with Crippen LogP contribution < -0.4 is 4.90 Å². The Morgan fingerprint density at radius 2 is 2.17 bits per heavy atom. The zero-order chi connectivity index (χ0) is 16.4. The normalized spacial score (nSPS) is 20.7. The summed E-state index contributed by atoms with van der Waals surface area (Å²) < 4.78 is 0. The molecule has 1 aliphatic heterocycles. The number of anilines is 1. The molecule has 7 heteroatoms. The lowest BCUT2D eigenvalue weighted by Gasteiger charge is -2.28. The molecule has 2 aromatic heterocycles. The Morgan fingerprint density at radius 3 is 2.83 bits per heavy atom. The molecule has 1 N–H and O–H groups in total. The van der Waals surface area contributed by atoms with Crippen LogP contribution in [0.25, 0.3) is 0 Å². The monoisotopic (exact) mass is 332 g/mol. The number of carbonyl (C=O) groups excluding carboxylic acids is 1. The van der Waals surface area contributed by atoms with Crippen molar-refractivity contribution < 1.29 is 9.90 Å². The molecule has 6 nitrogen and oxygen atoms in total. The summed E-state index contributed by atoms with van der Waals surface area (Å²) >= 11 is 1.48. The first-order chi connectivity index (χ1) is 11.0. The highest BCUT2D eigenvalue weighted by Gasteiger charge is 2.39. The topological polar surface area (TPSA) is 69.6 Å². The fraction of sp³-hybridized carbons (Fsp3) is 0.438. The lowest BCUT2D eigenvalue weighted by molar-refractivity contribution is 0.0266. The Balaban J connectivity index is 1.64. The molecule has 0 bridgehead atoms. The van der Waals surface area contributed by atoms with Gasteiger partial charge in [-0.1, -0.05) is 0 Å². The summed E-state index contributed by atoms with van der Waals surface area (Å²) in [6.07, 6.45) is 3.97. The van der Waals surface area contributed by atoms with Crippen LogP contribution in [0.5, 0.6) is 0 Å². The van der Waals surface area contributed by atoms with E-state index in [-0.39, 0.29) is 5.91 Å². The van der Waals surface area contributed by atoms with Crippen LogP contribution in [0.2, 0.25) is 0 Å². The summed E-state index contributed by atoms with van der Waals surface area (Å²) in [6.45, 7) is 3.38. The van der Waals surface area contributed by atoms with Crippen LogP contribution in [0.1, 0.15) is 21.0 Å². The number of aromatic nitrogens is 2. The Hall–Kier alpha value is -1.99. The van der Waals surface area contributed by atoms with Gasteiger partial charge in [0.15, 0.2) is 0 Å².